The van der Waals surface area contributed by atoms with Gasteiger partial charge in [0.1, 0.15) is 30.2 Å². The third kappa shape index (κ3) is 4.09. The highest BCUT2D eigenvalue weighted by atomic mass is 32.1. The second-order valence-electron chi connectivity index (χ2n) is 7.67. The van der Waals surface area contributed by atoms with Gasteiger partial charge in [-0.15, -0.1) is 11.3 Å². The first-order valence-corrected chi connectivity index (χ1v) is 10.6. The maximum atomic E-state index is 13.2. The minimum atomic E-state index is -1.45. The molecule has 30 heavy (non-hydrogen) atoms. The molecule has 1 aromatic heterocycles. The molecule has 0 saturated carbocycles. The number of aliphatic hydroxyl groups excluding tert-OH is 2. The van der Waals surface area contributed by atoms with Crippen LogP contribution in [0, 0.1) is 12.7 Å². The zero-order valence-corrected chi connectivity index (χ0v) is 17.5. The fourth-order valence-corrected chi connectivity index (χ4v) is 4.74. The highest BCUT2D eigenvalue weighted by Crippen LogP contribution is 2.34. The molecule has 1 aliphatic heterocycles. The van der Waals surface area contributed by atoms with E-state index in [9.17, 15) is 19.4 Å². The van der Waals surface area contributed by atoms with Gasteiger partial charge in [-0.25, -0.2) is 4.39 Å². The summed E-state index contributed by atoms with van der Waals surface area (Å²) in [5.74, 6) is -0.755. The Morgan fingerprint density at radius 1 is 1.07 bits per heavy atom. The number of benzene rings is 2. The number of ketones is 1. The van der Waals surface area contributed by atoms with Crippen LogP contribution in [-0.2, 0) is 16.0 Å². The Morgan fingerprint density at radius 3 is 2.53 bits per heavy atom. The molecule has 156 valence electrons. The van der Waals surface area contributed by atoms with E-state index in [0.29, 0.717) is 6.42 Å². The molecule has 3 aromatic rings. The van der Waals surface area contributed by atoms with Gasteiger partial charge >= 0.3 is 0 Å². The van der Waals surface area contributed by atoms with E-state index in [-0.39, 0.29) is 5.82 Å². The standard InChI is InChI=1S/C24H23FO4S/c1-13-3-4-16(24-23(28)22(27)21(26)14(2)29-24)11-17(13)12-19-9-10-20(30-19)15-5-7-18(25)8-6-15/h3-11,14,22-24,27-28H,12H2,1-2H3/t14-,22+,23-,24+/m1/s1. The van der Waals surface area contributed by atoms with Gasteiger partial charge in [-0.1, -0.05) is 30.3 Å². The maximum absolute atomic E-state index is 13.2. The Labute approximate surface area is 178 Å². The molecule has 1 aliphatic rings. The normalized spacial score (nSPS) is 24.2. The summed E-state index contributed by atoms with van der Waals surface area (Å²) in [6, 6.07) is 16.3. The molecule has 0 aliphatic carbocycles. The lowest BCUT2D eigenvalue weighted by atomic mass is 9.90. The Kier molecular flexibility index (Phi) is 5.84. The number of carbonyl (C=O) groups is 1. The Morgan fingerprint density at radius 2 is 1.80 bits per heavy atom. The number of carbonyl (C=O) groups excluding carboxylic acids is 1. The predicted octanol–water partition coefficient (Wildman–Crippen LogP) is 4.20. The second kappa shape index (κ2) is 8.40. The first-order chi connectivity index (χ1) is 14.3. The molecule has 0 unspecified atom stereocenters. The summed E-state index contributed by atoms with van der Waals surface area (Å²) in [5, 5.41) is 20.4. The van der Waals surface area contributed by atoms with Crippen LogP contribution in [0.15, 0.2) is 54.6 Å². The summed E-state index contributed by atoms with van der Waals surface area (Å²) < 4.78 is 18.9. The summed E-state index contributed by atoms with van der Waals surface area (Å²) in [4.78, 5) is 14.1. The van der Waals surface area contributed by atoms with Crippen molar-refractivity contribution in [1.82, 2.24) is 0 Å². The zero-order valence-electron chi connectivity index (χ0n) is 16.7. The molecule has 4 nitrogen and oxygen atoms in total. The van der Waals surface area contributed by atoms with Gasteiger partial charge in [0.25, 0.3) is 0 Å². The summed E-state index contributed by atoms with van der Waals surface area (Å²) in [5.41, 5.74) is 3.89. The number of aryl methyl sites for hydroxylation is 1. The minimum Gasteiger partial charge on any atom is -0.387 e. The van der Waals surface area contributed by atoms with E-state index in [1.807, 2.05) is 31.2 Å². The van der Waals surface area contributed by atoms with Crippen LogP contribution in [0.1, 0.15) is 34.6 Å². The molecule has 2 heterocycles. The quantitative estimate of drug-likeness (QED) is 0.656. The van der Waals surface area contributed by atoms with Crippen molar-refractivity contribution >= 4 is 17.1 Å². The molecule has 0 amide bonds. The molecule has 0 radical (unpaired) electrons. The molecular formula is C24H23FO4S. The monoisotopic (exact) mass is 426 g/mol. The highest BCUT2D eigenvalue weighted by molar-refractivity contribution is 7.15. The number of hydrogen-bond donors (Lipinski definition) is 2. The predicted molar refractivity (Wildman–Crippen MR) is 114 cm³/mol. The van der Waals surface area contributed by atoms with Crippen molar-refractivity contribution in [2.75, 3.05) is 0 Å². The van der Waals surface area contributed by atoms with Crippen molar-refractivity contribution < 1.29 is 24.1 Å². The third-order valence-corrected chi connectivity index (χ3v) is 6.67. The lowest BCUT2D eigenvalue weighted by Crippen LogP contribution is -2.50. The van der Waals surface area contributed by atoms with Crippen molar-refractivity contribution in [2.45, 2.75) is 44.7 Å². The number of aliphatic hydroxyl groups is 2. The lowest BCUT2D eigenvalue weighted by Gasteiger charge is -2.35. The molecule has 0 bridgehead atoms. The topological polar surface area (TPSA) is 66.8 Å². The maximum Gasteiger partial charge on any atom is 0.192 e. The smallest absolute Gasteiger partial charge is 0.192 e. The van der Waals surface area contributed by atoms with E-state index in [1.165, 1.54) is 12.1 Å². The van der Waals surface area contributed by atoms with Crippen LogP contribution in [-0.4, -0.2) is 34.3 Å². The average molecular weight is 427 g/mol. The summed E-state index contributed by atoms with van der Waals surface area (Å²) in [7, 11) is 0. The van der Waals surface area contributed by atoms with Crippen LogP contribution in [0.2, 0.25) is 0 Å². The average Bonchev–Trinajstić information content (AvgIpc) is 3.20. The van der Waals surface area contributed by atoms with Gasteiger partial charge in [-0.05, 0) is 60.4 Å². The number of halogens is 1. The first-order valence-electron chi connectivity index (χ1n) is 9.83. The lowest BCUT2D eigenvalue weighted by molar-refractivity contribution is -0.181. The molecule has 4 atom stereocenters. The molecule has 2 N–H and O–H groups in total. The van der Waals surface area contributed by atoms with Crippen LogP contribution in [0.5, 0.6) is 0 Å². The van der Waals surface area contributed by atoms with E-state index >= 15 is 0 Å². The molecule has 0 spiro atoms. The molecular weight excluding hydrogens is 403 g/mol. The summed E-state index contributed by atoms with van der Waals surface area (Å²) >= 11 is 1.65. The molecule has 6 heteroatoms. The van der Waals surface area contributed by atoms with Gasteiger partial charge in [0.2, 0.25) is 0 Å². The molecule has 1 fully saturated rings. The fraction of sp³-hybridized carbons (Fsp3) is 0.292. The van der Waals surface area contributed by atoms with E-state index in [2.05, 4.69) is 6.07 Å². The third-order valence-electron chi connectivity index (χ3n) is 5.53. The van der Waals surface area contributed by atoms with Crippen molar-refractivity contribution in [3.63, 3.8) is 0 Å². The minimum absolute atomic E-state index is 0.253. The van der Waals surface area contributed by atoms with Gasteiger partial charge in [-0.2, -0.15) is 0 Å². The van der Waals surface area contributed by atoms with Crippen molar-refractivity contribution in [3.05, 3.63) is 82.0 Å². The number of Topliss-reactive ketones (excluding diaryl/α,β-unsaturated/α-hetero) is 1. The van der Waals surface area contributed by atoms with E-state index in [4.69, 9.17) is 4.74 Å². The molecule has 4 rings (SSSR count). The first kappa shape index (κ1) is 20.9. The van der Waals surface area contributed by atoms with Crippen LogP contribution in [0.3, 0.4) is 0 Å². The van der Waals surface area contributed by atoms with Crippen LogP contribution in [0.25, 0.3) is 10.4 Å². The fourth-order valence-electron chi connectivity index (χ4n) is 3.71. The van der Waals surface area contributed by atoms with Crippen molar-refractivity contribution in [3.8, 4) is 10.4 Å². The number of rotatable bonds is 4. The van der Waals surface area contributed by atoms with Crippen molar-refractivity contribution in [1.29, 1.82) is 0 Å². The molecule has 1 saturated heterocycles. The van der Waals surface area contributed by atoms with Crippen LogP contribution < -0.4 is 0 Å². The summed E-state index contributed by atoms with van der Waals surface area (Å²) in [6.45, 7) is 3.61. The van der Waals surface area contributed by atoms with E-state index in [0.717, 1.165) is 32.0 Å². The van der Waals surface area contributed by atoms with Gasteiger partial charge < -0.3 is 14.9 Å². The number of ether oxygens (including phenoxy) is 1. The number of hydrogen-bond acceptors (Lipinski definition) is 5. The second-order valence-corrected chi connectivity index (χ2v) is 8.84. The molecule has 2 aromatic carbocycles. The SMILES string of the molecule is Cc1ccc([C@@H]2O[C@H](C)C(=O)[C@H](O)[C@H]2O)cc1Cc1ccc(-c2ccc(F)cc2)s1. The van der Waals surface area contributed by atoms with Gasteiger partial charge in [-0.3, -0.25) is 4.79 Å². The Hall–Kier alpha value is -2.38. The number of thiophene rings is 1. The van der Waals surface area contributed by atoms with Gasteiger partial charge in [0.05, 0.1) is 0 Å². The van der Waals surface area contributed by atoms with Gasteiger partial charge in [0.15, 0.2) is 5.78 Å². The van der Waals surface area contributed by atoms with Crippen LogP contribution >= 0.6 is 11.3 Å². The van der Waals surface area contributed by atoms with Crippen LogP contribution in [0.4, 0.5) is 4.39 Å². The van der Waals surface area contributed by atoms with Gasteiger partial charge in [0, 0.05) is 16.2 Å². The summed E-state index contributed by atoms with van der Waals surface area (Å²) in [6.07, 6.45) is -3.57. The van der Waals surface area contributed by atoms with E-state index in [1.54, 1.807) is 30.4 Å². The highest BCUT2D eigenvalue weighted by Gasteiger charge is 2.42. The Bertz CT molecular complexity index is 1060. The van der Waals surface area contributed by atoms with Crippen molar-refractivity contribution in [2.24, 2.45) is 0 Å². The van der Waals surface area contributed by atoms with E-state index < -0.39 is 30.2 Å². The zero-order chi connectivity index (χ0) is 21.4. The largest absolute Gasteiger partial charge is 0.387 e. The Balaban J connectivity index is 1.57.